The number of benzene rings is 1. The summed E-state index contributed by atoms with van der Waals surface area (Å²) in [6.45, 7) is 0. The Balaban J connectivity index is 0.000000429. The van der Waals surface area contributed by atoms with Crippen molar-refractivity contribution in [2.45, 2.75) is 18.6 Å². The van der Waals surface area contributed by atoms with Crippen molar-refractivity contribution in [2.75, 3.05) is 0 Å². The Hall–Kier alpha value is -4.26. The molecule has 0 bridgehead atoms. The predicted octanol–water partition coefficient (Wildman–Crippen LogP) is 2.58. The molecule has 4 aromatic rings. The van der Waals surface area contributed by atoms with Gasteiger partial charge in [-0.15, -0.1) is 0 Å². The summed E-state index contributed by atoms with van der Waals surface area (Å²) in [6, 6.07) is 8.30. The number of carboxylic acids is 2. The fourth-order valence-corrected chi connectivity index (χ4v) is 3.40. The van der Waals surface area contributed by atoms with Crippen LogP contribution < -0.4 is 11.3 Å². The zero-order chi connectivity index (χ0) is 26.1. The Labute approximate surface area is 193 Å². The number of halogens is 4. The molecule has 0 amide bonds. The number of nitrogens with two attached hydrogens (primary N) is 1. The number of aliphatic carboxylic acids is 2. The van der Waals surface area contributed by atoms with E-state index in [-0.39, 0.29) is 17.8 Å². The number of carbonyl (C=O) groups is 2. The molecule has 0 fully saturated rings. The largest absolute Gasteiger partial charge is 0.490 e. The van der Waals surface area contributed by atoms with Gasteiger partial charge in [-0.2, -0.15) is 13.2 Å². The summed E-state index contributed by atoms with van der Waals surface area (Å²) in [4.78, 5) is 37.2. The summed E-state index contributed by atoms with van der Waals surface area (Å²) in [5.74, 6) is -4.24. The standard InChI is InChI=1S/C20H17FN4O3.C2HF3O2/c1-24-17-5-2-12(21)8-11(17)9-15(19(24)26)14-4-3-13(10-16(22)20(27)28)25-7-6-23-18(14)25;3-2(4,5)1(6)7/h2-9,16H,10,22H2,1H3,(H,27,28);(H,6,7). The summed E-state index contributed by atoms with van der Waals surface area (Å²) < 4.78 is 48.6. The maximum absolute atomic E-state index is 13.7. The molecule has 13 heteroatoms. The van der Waals surface area contributed by atoms with Crippen LogP contribution >= 0.6 is 0 Å². The van der Waals surface area contributed by atoms with E-state index in [1.807, 2.05) is 0 Å². The maximum atomic E-state index is 13.7. The third kappa shape index (κ3) is 5.30. The van der Waals surface area contributed by atoms with Gasteiger partial charge < -0.3 is 24.9 Å². The van der Waals surface area contributed by atoms with Crippen molar-refractivity contribution in [1.29, 1.82) is 0 Å². The van der Waals surface area contributed by atoms with Gasteiger partial charge in [-0.05, 0) is 36.4 Å². The minimum Gasteiger partial charge on any atom is -0.480 e. The molecule has 35 heavy (non-hydrogen) atoms. The molecule has 4 N–H and O–H groups in total. The van der Waals surface area contributed by atoms with E-state index in [4.69, 9.17) is 20.7 Å². The number of rotatable bonds is 4. The van der Waals surface area contributed by atoms with Gasteiger partial charge in [0.15, 0.2) is 0 Å². The monoisotopic (exact) mass is 494 g/mol. The van der Waals surface area contributed by atoms with Crippen molar-refractivity contribution >= 4 is 28.5 Å². The Morgan fingerprint density at radius 2 is 1.77 bits per heavy atom. The van der Waals surface area contributed by atoms with Crippen LogP contribution in [0.15, 0.2) is 53.6 Å². The van der Waals surface area contributed by atoms with Gasteiger partial charge in [0.1, 0.15) is 17.5 Å². The second-order valence-corrected chi connectivity index (χ2v) is 7.44. The molecule has 0 saturated heterocycles. The molecule has 0 saturated carbocycles. The number of alkyl halides is 3. The van der Waals surface area contributed by atoms with Crippen LogP contribution in [0.3, 0.4) is 0 Å². The maximum Gasteiger partial charge on any atom is 0.490 e. The zero-order valence-corrected chi connectivity index (χ0v) is 18.0. The first kappa shape index (κ1) is 25.4. The molecule has 0 aliphatic heterocycles. The smallest absolute Gasteiger partial charge is 0.480 e. The zero-order valence-electron chi connectivity index (χ0n) is 18.0. The van der Waals surface area contributed by atoms with Gasteiger partial charge in [-0.3, -0.25) is 9.59 Å². The fourth-order valence-electron chi connectivity index (χ4n) is 3.40. The second-order valence-electron chi connectivity index (χ2n) is 7.44. The number of pyridine rings is 2. The molecule has 9 nitrogen and oxygen atoms in total. The quantitative estimate of drug-likeness (QED) is 0.371. The first-order valence-electron chi connectivity index (χ1n) is 9.84. The molecular formula is C22H18F4N4O5. The lowest BCUT2D eigenvalue weighted by atomic mass is 10.0. The highest BCUT2D eigenvalue weighted by Crippen LogP contribution is 2.26. The molecule has 4 rings (SSSR count). The van der Waals surface area contributed by atoms with Crippen molar-refractivity contribution in [3.8, 4) is 11.1 Å². The fraction of sp³-hybridized carbons (Fsp3) is 0.182. The van der Waals surface area contributed by atoms with E-state index in [1.54, 1.807) is 48.1 Å². The number of fused-ring (bicyclic) bond motifs is 2. The first-order chi connectivity index (χ1) is 16.3. The highest BCUT2D eigenvalue weighted by atomic mass is 19.4. The number of hydrogen-bond donors (Lipinski definition) is 3. The van der Waals surface area contributed by atoms with Crippen LogP contribution in [-0.2, 0) is 23.1 Å². The molecule has 3 heterocycles. The Bertz CT molecular complexity index is 1490. The van der Waals surface area contributed by atoms with E-state index >= 15 is 0 Å². The normalized spacial score (nSPS) is 12.3. The number of aromatic nitrogens is 3. The van der Waals surface area contributed by atoms with Crippen LogP contribution in [0.5, 0.6) is 0 Å². The van der Waals surface area contributed by atoms with E-state index in [0.717, 1.165) is 0 Å². The minimum atomic E-state index is -5.08. The van der Waals surface area contributed by atoms with Crippen LogP contribution in [0, 0.1) is 5.82 Å². The van der Waals surface area contributed by atoms with Crippen LogP contribution in [0.25, 0.3) is 27.7 Å². The van der Waals surface area contributed by atoms with Gasteiger partial charge in [0, 0.05) is 42.5 Å². The number of carboxylic acid groups (broad SMARTS) is 2. The van der Waals surface area contributed by atoms with E-state index in [0.29, 0.717) is 33.4 Å². The lowest BCUT2D eigenvalue weighted by Gasteiger charge is -2.13. The van der Waals surface area contributed by atoms with E-state index in [9.17, 15) is 27.2 Å². The van der Waals surface area contributed by atoms with Gasteiger partial charge in [0.2, 0.25) is 0 Å². The third-order valence-electron chi connectivity index (χ3n) is 5.10. The summed E-state index contributed by atoms with van der Waals surface area (Å²) in [5, 5.41) is 16.8. The minimum absolute atomic E-state index is 0.114. The molecule has 0 spiro atoms. The lowest BCUT2D eigenvalue weighted by molar-refractivity contribution is -0.192. The van der Waals surface area contributed by atoms with Crippen molar-refractivity contribution in [2.24, 2.45) is 12.8 Å². The molecule has 1 unspecified atom stereocenters. The highest BCUT2D eigenvalue weighted by molar-refractivity contribution is 5.87. The molecule has 0 aliphatic rings. The lowest BCUT2D eigenvalue weighted by Crippen LogP contribution is -2.32. The van der Waals surface area contributed by atoms with Gasteiger partial charge in [0.05, 0.1) is 11.1 Å². The number of aryl methyl sites for hydroxylation is 1. The molecule has 1 aromatic carbocycles. The molecular weight excluding hydrogens is 476 g/mol. The van der Waals surface area contributed by atoms with Crippen molar-refractivity contribution in [3.05, 3.63) is 70.7 Å². The molecule has 1 atom stereocenters. The average Bonchev–Trinajstić information content (AvgIpc) is 3.26. The highest BCUT2D eigenvalue weighted by Gasteiger charge is 2.38. The van der Waals surface area contributed by atoms with E-state index in [2.05, 4.69) is 4.98 Å². The van der Waals surface area contributed by atoms with Gasteiger partial charge in [-0.1, -0.05) is 0 Å². The van der Waals surface area contributed by atoms with Crippen LogP contribution in [0.1, 0.15) is 5.69 Å². The Morgan fingerprint density at radius 1 is 1.11 bits per heavy atom. The van der Waals surface area contributed by atoms with Crippen molar-refractivity contribution in [1.82, 2.24) is 14.0 Å². The summed E-state index contributed by atoms with van der Waals surface area (Å²) in [6.07, 6.45) is -1.71. The topological polar surface area (TPSA) is 140 Å². The second kappa shape index (κ2) is 9.54. The first-order valence-corrected chi connectivity index (χ1v) is 9.84. The molecule has 0 radical (unpaired) electrons. The van der Waals surface area contributed by atoms with E-state index < -0.39 is 24.2 Å². The van der Waals surface area contributed by atoms with Gasteiger partial charge in [0.25, 0.3) is 5.56 Å². The SMILES string of the molecule is Cn1c(=O)c(-c2ccc(CC(N)C(=O)O)n3ccnc23)cc2cc(F)ccc21.O=C(O)C(F)(F)F. The van der Waals surface area contributed by atoms with Gasteiger partial charge >= 0.3 is 18.1 Å². The summed E-state index contributed by atoms with van der Waals surface area (Å²) >= 11 is 0. The average molecular weight is 494 g/mol. The number of nitrogens with zero attached hydrogens (tertiary/aromatic N) is 3. The van der Waals surface area contributed by atoms with Gasteiger partial charge in [-0.25, -0.2) is 14.2 Å². The third-order valence-corrected chi connectivity index (χ3v) is 5.10. The van der Waals surface area contributed by atoms with Crippen molar-refractivity contribution < 1.29 is 37.4 Å². The molecule has 0 aliphatic carbocycles. The molecule has 184 valence electrons. The van der Waals surface area contributed by atoms with Crippen molar-refractivity contribution in [3.63, 3.8) is 0 Å². The number of imidazole rings is 1. The summed E-state index contributed by atoms with van der Waals surface area (Å²) in [7, 11) is 1.63. The number of hydrogen-bond acceptors (Lipinski definition) is 5. The van der Waals surface area contributed by atoms with Crippen LogP contribution in [0.2, 0.25) is 0 Å². The van der Waals surface area contributed by atoms with E-state index in [1.165, 1.54) is 16.7 Å². The van der Waals surface area contributed by atoms with Crippen LogP contribution in [0.4, 0.5) is 17.6 Å². The Morgan fingerprint density at radius 3 is 2.37 bits per heavy atom. The Kier molecular flexibility index (Phi) is 6.91. The predicted molar refractivity (Wildman–Crippen MR) is 116 cm³/mol. The van der Waals surface area contributed by atoms with Crippen LogP contribution in [-0.4, -0.2) is 48.3 Å². The summed E-state index contributed by atoms with van der Waals surface area (Å²) in [5.41, 5.74) is 8.16. The molecule has 3 aromatic heterocycles.